The molecule has 1 aromatic carbocycles. The van der Waals surface area contributed by atoms with Gasteiger partial charge in [-0.1, -0.05) is 36.2 Å². The van der Waals surface area contributed by atoms with Gasteiger partial charge in [-0.2, -0.15) is 0 Å². The molecule has 0 radical (unpaired) electrons. The lowest BCUT2D eigenvalue weighted by Gasteiger charge is -2.28. The van der Waals surface area contributed by atoms with Crippen molar-refractivity contribution in [1.29, 1.82) is 0 Å². The Kier molecular flexibility index (Phi) is 5.75. The van der Waals surface area contributed by atoms with Crippen LogP contribution in [0.3, 0.4) is 0 Å². The van der Waals surface area contributed by atoms with Crippen molar-refractivity contribution in [3.63, 3.8) is 0 Å². The molecule has 1 unspecified atom stereocenters. The molecule has 0 aromatic heterocycles. The highest BCUT2D eigenvalue weighted by Crippen LogP contribution is 2.26. The third-order valence-electron chi connectivity index (χ3n) is 3.82. The first-order valence-electron chi connectivity index (χ1n) is 7.27. The van der Waals surface area contributed by atoms with Gasteiger partial charge in [-0.25, -0.2) is 8.42 Å². The van der Waals surface area contributed by atoms with Crippen LogP contribution in [0, 0.1) is 0 Å². The third kappa shape index (κ3) is 4.15. The molecule has 122 valence electrons. The summed E-state index contributed by atoms with van der Waals surface area (Å²) >= 11 is 12.2. The van der Waals surface area contributed by atoms with Crippen molar-refractivity contribution in [3.05, 3.63) is 33.8 Å². The minimum atomic E-state index is -3.03. The first kappa shape index (κ1) is 17.6. The van der Waals surface area contributed by atoms with Crippen molar-refractivity contribution in [2.24, 2.45) is 0 Å². The summed E-state index contributed by atoms with van der Waals surface area (Å²) < 4.78 is 23.3. The predicted molar refractivity (Wildman–Crippen MR) is 89.2 cm³/mol. The van der Waals surface area contributed by atoms with Gasteiger partial charge in [-0.3, -0.25) is 4.79 Å². The summed E-state index contributed by atoms with van der Waals surface area (Å²) in [7, 11) is -3.03. The Balaban J connectivity index is 2.17. The zero-order chi connectivity index (χ0) is 16.3. The summed E-state index contributed by atoms with van der Waals surface area (Å²) in [5, 5.41) is 0.910. The van der Waals surface area contributed by atoms with E-state index in [0.717, 1.165) is 6.42 Å². The van der Waals surface area contributed by atoms with Crippen LogP contribution in [0.1, 0.15) is 25.3 Å². The van der Waals surface area contributed by atoms with Crippen molar-refractivity contribution in [1.82, 2.24) is 4.90 Å². The maximum Gasteiger partial charge on any atom is 0.227 e. The van der Waals surface area contributed by atoms with Crippen molar-refractivity contribution >= 4 is 38.9 Å². The van der Waals surface area contributed by atoms with E-state index in [2.05, 4.69) is 0 Å². The monoisotopic (exact) mass is 363 g/mol. The predicted octanol–water partition coefficient (Wildman–Crippen LogP) is 2.96. The fraction of sp³-hybridized carbons (Fsp3) is 0.533. The Morgan fingerprint density at radius 2 is 1.95 bits per heavy atom. The quantitative estimate of drug-likeness (QED) is 0.807. The lowest BCUT2D eigenvalue weighted by atomic mass is 10.1. The van der Waals surface area contributed by atoms with Crippen LogP contribution in [-0.4, -0.2) is 43.3 Å². The van der Waals surface area contributed by atoms with E-state index in [4.69, 9.17) is 23.2 Å². The number of benzene rings is 1. The molecule has 0 N–H and O–H groups in total. The van der Waals surface area contributed by atoms with Gasteiger partial charge in [0.25, 0.3) is 0 Å². The van der Waals surface area contributed by atoms with E-state index in [1.54, 1.807) is 23.1 Å². The summed E-state index contributed by atoms with van der Waals surface area (Å²) in [5.41, 5.74) is 0.595. The van der Waals surface area contributed by atoms with Gasteiger partial charge in [0.05, 0.1) is 17.9 Å². The van der Waals surface area contributed by atoms with Gasteiger partial charge >= 0.3 is 0 Å². The van der Waals surface area contributed by atoms with Crippen LogP contribution in [0.25, 0.3) is 0 Å². The minimum Gasteiger partial charge on any atom is -0.338 e. The lowest BCUT2D eigenvalue weighted by molar-refractivity contribution is -0.132. The number of halogens is 2. The van der Waals surface area contributed by atoms with E-state index in [1.807, 2.05) is 6.92 Å². The molecule has 2 rings (SSSR count). The first-order chi connectivity index (χ1) is 10.3. The van der Waals surface area contributed by atoms with Gasteiger partial charge < -0.3 is 4.90 Å². The second-order valence-corrected chi connectivity index (χ2v) is 8.56. The van der Waals surface area contributed by atoms with Crippen molar-refractivity contribution in [2.75, 3.05) is 18.1 Å². The van der Waals surface area contributed by atoms with Gasteiger partial charge in [0.15, 0.2) is 9.84 Å². The van der Waals surface area contributed by atoms with Crippen LogP contribution in [-0.2, 0) is 21.1 Å². The van der Waals surface area contributed by atoms with Crippen LogP contribution < -0.4 is 0 Å². The van der Waals surface area contributed by atoms with Crippen molar-refractivity contribution < 1.29 is 13.2 Å². The smallest absolute Gasteiger partial charge is 0.227 e. The molecule has 22 heavy (non-hydrogen) atoms. The number of carbonyl (C=O) groups excluding carboxylic acids is 1. The molecule has 0 aliphatic carbocycles. The molecule has 1 heterocycles. The van der Waals surface area contributed by atoms with Crippen LogP contribution in [0.15, 0.2) is 18.2 Å². The van der Waals surface area contributed by atoms with E-state index >= 15 is 0 Å². The molecule has 1 fully saturated rings. The molecule has 4 nitrogen and oxygen atoms in total. The number of carbonyl (C=O) groups is 1. The Bertz CT molecular complexity index is 641. The topological polar surface area (TPSA) is 54.5 Å². The fourth-order valence-corrected chi connectivity index (χ4v) is 4.99. The fourth-order valence-electron chi connectivity index (χ4n) is 2.73. The normalized spacial score (nSPS) is 20.0. The van der Waals surface area contributed by atoms with Gasteiger partial charge in [0.1, 0.15) is 0 Å². The molecule has 1 aliphatic heterocycles. The molecule has 1 aliphatic rings. The zero-order valence-electron chi connectivity index (χ0n) is 12.4. The molecule has 0 saturated carbocycles. The molecule has 7 heteroatoms. The number of rotatable bonds is 5. The van der Waals surface area contributed by atoms with Crippen LogP contribution in [0.4, 0.5) is 0 Å². The molecule has 0 spiro atoms. The summed E-state index contributed by atoms with van der Waals surface area (Å²) in [6, 6.07) is 4.88. The number of hydrogen-bond donors (Lipinski definition) is 0. The second-order valence-electron chi connectivity index (χ2n) is 5.52. The Hall–Kier alpha value is -0.780. The summed E-state index contributed by atoms with van der Waals surface area (Å²) in [4.78, 5) is 14.3. The maximum atomic E-state index is 12.6. The lowest BCUT2D eigenvalue weighted by Crippen LogP contribution is -2.42. The summed E-state index contributed by atoms with van der Waals surface area (Å²) in [6.45, 7) is 2.51. The van der Waals surface area contributed by atoms with E-state index in [1.165, 1.54) is 0 Å². The standard InChI is InChI=1S/C15H19Cl2NO3S/c1-2-7-18(11-6-8-22(20,21)10-11)15(19)9-12-13(16)4-3-5-14(12)17/h3-5,11H,2,6-10H2,1H3. The van der Waals surface area contributed by atoms with Gasteiger partial charge in [0.2, 0.25) is 5.91 Å². The average Bonchev–Trinajstić information content (AvgIpc) is 2.80. The van der Waals surface area contributed by atoms with Crippen LogP contribution in [0.2, 0.25) is 10.0 Å². The van der Waals surface area contributed by atoms with E-state index in [9.17, 15) is 13.2 Å². The third-order valence-corrected chi connectivity index (χ3v) is 6.28. The highest BCUT2D eigenvalue weighted by molar-refractivity contribution is 7.91. The molecule has 1 saturated heterocycles. The average molecular weight is 364 g/mol. The largest absolute Gasteiger partial charge is 0.338 e. The molecule has 0 bridgehead atoms. The minimum absolute atomic E-state index is 0.0506. The molecular weight excluding hydrogens is 345 g/mol. The van der Waals surface area contributed by atoms with Gasteiger partial charge in [-0.15, -0.1) is 0 Å². The number of hydrogen-bond acceptors (Lipinski definition) is 3. The molecule has 1 amide bonds. The number of sulfone groups is 1. The molecule has 1 atom stereocenters. The highest BCUT2D eigenvalue weighted by Gasteiger charge is 2.34. The Morgan fingerprint density at radius 3 is 2.45 bits per heavy atom. The SMILES string of the molecule is CCCN(C(=O)Cc1c(Cl)cccc1Cl)C1CCS(=O)(=O)C1. The Morgan fingerprint density at radius 1 is 1.32 bits per heavy atom. The zero-order valence-corrected chi connectivity index (χ0v) is 14.7. The van der Waals surface area contributed by atoms with Crippen molar-refractivity contribution in [3.8, 4) is 0 Å². The number of amides is 1. The molecule has 1 aromatic rings. The first-order valence-corrected chi connectivity index (χ1v) is 9.84. The molecular formula is C15H19Cl2NO3S. The second kappa shape index (κ2) is 7.20. The van der Waals surface area contributed by atoms with Crippen molar-refractivity contribution in [2.45, 2.75) is 32.2 Å². The number of nitrogens with zero attached hydrogens (tertiary/aromatic N) is 1. The van der Waals surface area contributed by atoms with Crippen LogP contribution in [0.5, 0.6) is 0 Å². The summed E-state index contributed by atoms with van der Waals surface area (Å²) in [6.07, 6.45) is 1.37. The van der Waals surface area contributed by atoms with E-state index in [0.29, 0.717) is 28.6 Å². The van der Waals surface area contributed by atoms with Gasteiger partial charge in [-0.05, 0) is 30.5 Å². The maximum absolute atomic E-state index is 12.6. The highest BCUT2D eigenvalue weighted by atomic mass is 35.5. The van der Waals surface area contributed by atoms with E-state index < -0.39 is 9.84 Å². The van der Waals surface area contributed by atoms with E-state index in [-0.39, 0.29) is 29.9 Å². The Labute approximate surface area is 141 Å². The summed E-state index contributed by atoms with van der Waals surface area (Å²) in [5.74, 6) is 0.0754. The van der Waals surface area contributed by atoms with Crippen LogP contribution >= 0.6 is 23.2 Å². The van der Waals surface area contributed by atoms with Gasteiger partial charge in [0, 0.05) is 22.6 Å².